The summed E-state index contributed by atoms with van der Waals surface area (Å²) in [5.41, 5.74) is 2.62. The van der Waals surface area contributed by atoms with Gasteiger partial charge in [-0.2, -0.15) is 0 Å². The maximum atomic E-state index is 12.5. The summed E-state index contributed by atoms with van der Waals surface area (Å²) in [4.78, 5) is 21.6. The topological polar surface area (TPSA) is 73.4 Å². The van der Waals surface area contributed by atoms with Gasteiger partial charge in [0, 0.05) is 44.5 Å². The van der Waals surface area contributed by atoms with Crippen LogP contribution in [0.25, 0.3) is 0 Å². The first kappa shape index (κ1) is 26.3. The highest BCUT2D eigenvalue weighted by atomic mass is 16.5. The van der Waals surface area contributed by atoms with Crippen molar-refractivity contribution in [3.8, 4) is 17.2 Å². The molecule has 0 radical (unpaired) electrons. The van der Waals surface area contributed by atoms with Crippen LogP contribution in [0.5, 0.6) is 17.2 Å². The second-order valence-electron chi connectivity index (χ2n) is 9.21. The molecule has 8 nitrogen and oxygen atoms in total. The monoisotopic (exact) mass is 505 g/mol. The molecule has 1 aliphatic heterocycles. The molecule has 37 heavy (non-hydrogen) atoms. The molecule has 196 valence electrons. The first-order valence-corrected chi connectivity index (χ1v) is 12.5. The van der Waals surface area contributed by atoms with Crippen LogP contribution in [0.3, 0.4) is 0 Å². The molecule has 0 spiro atoms. The van der Waals surface area contributed by atoms with Gasteiger partial charge in [0.15, 0.2) is 0 Å². The summed E-state index contributed by atoms with van der Waals surface area (Å²) in [6.07, 6.45) is 1.55. The third kappa shape index (κ3) is 6.92. The van der Waals surface area contributed by atoms with E-state index < -0.39 is 0 Å². The van der Waals surface area contributed by atoms with Crippen molar-refractivity contribution < 1.29 is 23.7 Å². The van der Waals surface area contributed by atoms with E-state index in [9.17, 15) is 4.79 Å². The Balaban J connectivity index is 1.34. The summed E-state index contributed by atoms with van der Waals surface area (Å²) in [6, 6.07) is 17.4. The minimum absolute atomic E-state index is 0.172. The maximum Gasteiger partial charge on any atom is 0.342 e. The standard InChI is InChI=1S/C29H35N3O5/c1-21(2)37-29(33)26-9-6-12-30-28(26)32-15-13-31(14-16-32)19-22-7-5-8-25(17-22)36-20-23-18-24(34-3)10-11-27(23)35-4/h5-12,17-18,21H,13-16,19-20H2,1-4H3. The van der Waals surface area contributed by atoms with Gasteiger partial charge in [-0.25, -0.2) is 9.78 Å². The van der Waals surface area contributed by atoms with Crippen LogP contribution < -0.4 is 19.1 Å². The Morgan fingerprint density at radius 3 is 2.49 bits per heavy atom. The minimum Gasteiger partial charge on any atom is -0.497 e. The first-order valence-electron chi connectivity index (χ1n) is 12.5. The van der Waals surface area contributed by atoms with Crippen molar-refractivity contribution in [3.63, 3.8) is 0 Å². The molecule has 0 atom stereocenters. The largest absolute Gasteiger partial charge is 0.497 e. The number of pyridine rings is 1. The van der Waals surface area contributed by atoms with Crippen molar-refractivity contribution in [2.24, 2.45) is 0 Å². The van der Waals surface area contributed by atoms with Crippen LogP contribution >= 0.6 is 0 Å². The van der Waals surface area contributed by atoms with Gasteiger partial charge in [0.25, 0.3) is 0 Å². The number of ether oxygens (including phenoxy) is 4. The third-order valence-corrected chi connectivity index (χ3v) is 6.21. The number of methoxy groups -OCH3 is 2. The number of anilines is 1. The lowest BCUT2D eigenvalue weighted by molar-refractivity contribution is 0.0378. The number of rotatable bonds is 10. The van der Waals surface area contributed by atoms with Crippen molar-refractivity contribution >= 4 is 11.8 Å². The average molecular weight is 506 g/mol. The van der Waals surface area contributed by atoms with Crippen molar-refractivity contribution in [1.82, 2.24) is 9.88 Å². The normalized spacial score (nSPS) is 13.9. The van der Waals surface area contributed by atoms with Crippen LogP contribution in [-0.2, 0) is 17.9 Å². The Bertz CT molecular complexity index is 1190. The molecule has 0 saturated carbocycles. The second-order valence-corrected chi connectivity index (χ2v) is 9.21. The molecular weight excluding hydrogens is 470 g/mol. The van der Waals surface area contributed by atoms with Gasteiger partial charge in [0.05, 0.1) is 20.3 Å². The van der Waals surface area contributed by atoms with E-state index in [2.05, 4.69) is 26.9 Å². The Labute approximate surface area is 218 Å². The van der Waals surface area contributed by atoms with Gasteiger partial charge >= 0.3 is 5.97 Å². The Morgan fingerprint density at radius 1 is 0.946 bits per heavy atom. The number of hydrogen-bond acceptors (Lipinski definition) is 8. The predicted molar refractivity (Wildman–Crippen MR) is 143 cm³/mol. The predicted octanol–water partition coefficient (Wildman–Crippen LogP) is 4.57. The summed E-state index contributed by atoms with van der Waals surface area (Å²) in [6.45, 7) is 8.19. The highest BCUT2D eigenvalue weighted by molar-refractivity contribution is 5.94. The number of piperazine rings is 1. The highest BCUT2D eigenvalue weighted by Crippen LogP contribution is 2.26. The molecule has 0 aliphatic carbocycles. The van der Waals surface area contributed by atoms with Gasteiger partial charge < -0.3 is 23.8 Å². The van der Waals surface area contributed by atoms with E-state index in [1.807, 2.05) is 44.2 Å². The summed E-state index contributed by atoms with van der Waals surface area (Å²) >= 11 is 0. The van der Waals surface area contributed by atoms with Crippen LogP contribution in [0, 0.1) is 0 Å². The molecule has 1 saturated heterocycles. The number of aromatic nitrogens is 1. The number of carbonyl (C=O) groups is 1. The highest BCUT2D eigenvalue weighted by Gasteiger charge is 2.24. The van der Waals surface area contributed by atoms with E-state index in [-0.39, 0.29) is 12.1 Å². The lowest BCUT2D eigenvalue weighted by Gasteiger charge is -2.36. The number of carbonyl (C=O) groups excluding carboxylic acids is 1. The number of hydrogen-bond donors (Lipinski definition) is 0. The molecule has 3 aromatic rings. The molecule has 0 amide bonds. The van der Waals surface area contributed by atoms with Gasteiger partial charge in [-0.15, -0.1) is 0 Å². The van der Waals surface area contributed by atoms with E-state index >= 15 is 0 Å². The van der Waals surface area contributed by atoms with Gasteiger partial charge in [-0.3, -0.25) is 4.90 Å². The van der Waals surface area contributed by atoms with Crippen LogP contribution in [0.15, 0.2) is 60.8 Å². The maximum absolute atomic E-state index is 12.5. The number of benzene rings is 2. The fourth-order valence-corrected chi connectivity index (χ4v) is 4.35. The third-order valence-electron chi connectivity index (χ3n) is 6.21. The van der Waals surface area contributed by atoms with E-state index in [1.165, 1.54) is 5.56 Å². The molecule has 1 fully saturated rings. The molecule has 1 aromatic heterocycles. The van der Waals surface area contributed by atoms with Crippen LogP contribution in [-0.4, -0.2) is 62.4 Å². The van der Waals surface area contributed by atoms with Gasteiger partial charge in [-0.1, -0.05) is 12.1 Å². The van der Waals surface area contributed by atoms with Crippen LogP contribution in [0.2, 0.25) is 0 Å². The number of esters is 1. The summed E-state index contributed by atoms with van der Waals surface area (Å²) in [5, 5.41) is 0. The van der Waals surface area contributed by atoms with E-state index in [4.69, 9.17) is 18.9 Å². The zero-order chi connectivity index (χ0) is 26.2. The molecule has 2 aromatic carbocycles. The average Bonchev–Trinajstić information content (AvgIpc) is 2.92. The molecule has 8 heteroatoms. The molecule has 2 heterocycles. The SMILES string of the molecule is COc1ccc(OC)c(COc2cccc(CN3CCN(c4ncccc4C(=O)OC(C)C)CC3)c2)c1. The van der Waals surface area contributed by atoms with Crippen LogP contribution in [0.1, 0.15) is 35.3 Å². The lowest BCUT2D eigenvalue weighted by atomic mass is 10.1. The molecule has 0 bridgehead atoms. The molecule has 0 N–H and O–H groups in total. The van der Waals surface area contributed by atoms with Gasteiger partial charge in [0.1, 0.15) is 35.2 Å². The Kier molecular flexibility index (Phi) is 8.85. The summed E-state index contributed by atoms with van der Waals surface area (Å²) in [7, 11) is 3.30. The molecule has 4 rings (SSSR count). The molecule has 1 aliphatic rings. The quantitative estimate of drug-likeness (QED) is 0.371. The van der Waals surface area contributed by atoms with E-state index in [0.717, 1.165) is 55.5 Å². The summed E-state index contributed by atoms with van der Waals surface area (Å²) in [5.74, 6) is 2.70. The summed E-state index contributed by atoms with van der Waals surface area (Å²) < 4.78 is 22.3. The second kappa shape index (κ2) is 12.5. The Hall–Kier alpha value is -3.78. The zero-order valence-corrected chi connectivity index (χ0v) is 22.0. The Morgan fingerprint density at radius 2 is 1.76 bits per heavy atom. The lowest BCUT2D eigenvalue weighted by Crippen LogP contribution is -2.46. The van der Waals surface area contributed by atoms with Crippen molar-refractivity contribution in [3.05, 3.63) is 77.5 Å². The smallest absolute Gasteiger partial charge is 0.342 e. The fraction of sp³-hybridized carbons (Fsp3) is 0.379. The zero-order valence-electron chi connectivity index (χ0n) is 22.0. The fourth-order valence-electron chi connectivity index (χ4n) is 4.35. The minimum atomic E-state index is -0.330. The van der Waals surface area contributed by atoms with Crippen molar-refractivity contribution in [2.45, 2.75) is 33.1 Å². The molecule has 0 unspecified atom stereocenters. The van der Waals surface area contributed by atoms with Crippen molar-refractivity contribution in [2.75, 3.05) is 45.3 Å². The van der Waals surface area contributed by atoms with Gasteiger partial charge in [-0.05, 0) is 61.9 Å². The van der Waals surface area contributed by atoms with Crippen LogP contribution in [0.4, 0.5) is 5.82 Å². The van der Waals surface area contributed by atoms with Crippen molar-refractivity contribution in [1.29, 1.82) is 0 Å². The van der Waals surface area contributed by atoms with Gasteiger partial charge in [0.2, 0.25) is 0 Å². The molecular formula is C29H35N3O5. The first-order chi connectivity index (χ1) is 18.0. The van der Waals surface area contributed by atoms with E-state index in [0.29, 0.717) is 18.0 Å². The number of nitrogens with zero attached hydrogens (tertiary/aromatic N) is 3. The van der Waals surface area contributed by atoms with E-state index in [1.54, 1.807) is 32.5 Å².